The minimum absolute atomic E-state index is 0.359. The monoisotopic (exact) mass is 252 g/mol. The smallest absolute Gasteiger partial charge is 0.0771 e. The van der Waals surface area contributed by atoms with Crippen molar-refractivity contribution in [3.8, 4) is 0 Å². The molecule has 0 aromatic carbocycles. The van der Waals surface area contributed by atoms with Gasteiger partial charge in [0, 0.05) is 18.6 Å². The third-order valence-corrected chi connectivity index (χ3v) is 5.37. The van der Waals surface area contributed by atoms with Crippen molar-refractivity contribution >= 4 is 0 Å². The van der Waals surface area contributed by atoms with Gasteiger partial charge in [0.25, 0.3) is 0 Å². The Labute approximate surface area is 111 Å². The first-order valence-electron chi connectivity index (χ1n) is 7.95. The van der Waals surface area contributed by atoms with E-state index in [1.165, 1.54) is 58.0 Å². The summed E-state index contributed by atoms with van der Waals surface area (Å²) in [5.74, 6) is 0. The van der Waals surface area contributed by atoms with E-state index < -0.39 is 0 Å². The zero-order chi connectivity index (χ0) is 12.4. The van der Waals surface area contributed by atoms with Gasteiger partial charge in [0.15, 0.2) is 0 Å². The maximum atomic E-state index is 10.1. The highest BCUT2D eigenvalue weighted by molar-refractivity contribution is 4.91. The van der Waals surface area contributed by atoms with Crippen LogP contribution in [0.5, 0.6) is 0 Å². The van der Waals surface area contributed by atoms with E-state index in [-0.39, 0.29) is 5.60 Å². The van der Waals surface area contributed by atoms with Crippen molar-refractivity contribution in [2.75, 3.05) is 19.6 Å². The summed E-state index contributed by atoms with van der Waals surface area (Å²) in [4.78, 5) is 2.71. The quantitative estimate of drug-likeness (QED) is 0.802. The minimum atomic E-state index is -0.359. The molecule has 3 nitrogen and oxygen atoms in total. The molecule has 1 saturated heterocycles. The van der Waals surface area contributed by atoms with Crippen LogP contribution in [-0.2, 0) is 0 Å². The lowest BCUT2D eigenvalue weighted by molar-refractivity contribution is -0.0348. The highest BCUT2D eigenvalue weighted by atomic mass is 16.3. The molecule has 104 valence electrons. The number of rotatable bonds is 4. The summed E-state index contributed by atoms with van der Waals surface area (Å²) in [5, 5.41) is 13.7. The van der Waals surface area contributed by atoms with E-state index in [1.807, 2.05) is 0 Å². The number of aliphatic hydroxyl groups is 1. The molecule has 2 aliphatic carbocycles. The van der Waals surface area contributed by atoms with Crippen LogP contribution >= 0.6 is 0 Å². The normalized spacial score (nSPS) is 30.5. The summed E-state index contributed by atoms with van der Waals surface area (Å²) in [7, 11) is 0. The van der Waals surface area contributed by atoms with Crippen LogP contribution in [-0.4, -0.2) is 47.3 Å². The first-order valence-corrected chi connectivity index (χ1v) is 7.95. The molecule has 0 unspecified atom stereocenters. The topological polar surface area (TPSA) is 35.5 Å². The fourth-order valence-electron chi connectivity index (χ4n) is 3.83. The molecule has 1 heterocycles. The van der Waals surface area contributed by atoms with Crippen LogP contribution in [0.1, 0.15) is 57.8 Å². The molecule has 0 atom stereocenters. The van der Waals surface area contributed by atoms with Crippen molar-refractivity contribution in [3.05, 3.63) is 0 Å². The van der Waals surface area contributed by atoms with Crippen molar-refractivity contribution in [1.29, 1.82) is 0 Å². The second-order valence-electron chi connectivity index (χ2n) is 6.71. The van der Waals surface area contributed by atoms with Gasteiger partial charge in [0.1, 0.15) is 0 Å². The summed E-state index contributed by atoms with van der Waals surface area (Å²) in [5.41, 5.74) is -0.359. The summed E-state index contributed by atoms with van der Waals surface area (Å²) >= 11 is 0. The van der Waals surface area contributed by atoms with Gasteiger partial charge in [-0.3, -0.25) is 0 Å². The third kappa shape index (κ3) is 2.89. The lowest BCUT2D eigenvalue weighted by atomic mass is 9.80. The van der Waals surface area contributed by atoms with Gasteiger partial charge in [-0.1, -0.05) is 12.8 Å². The molecule has 0 bridgehead atoms. The predicted octanol–water partition coefficient (Wildman–Crippen LogP) is 1.90. The Morgan fingerprint density at radius 1 is 1.00 bits per heavy atom. The summed E-state index contributed by atoms with van der Waals surface area (Å²) in [6.07, 6.45) is 11.5. The molecule has 0 aromatic heterocycles. The lowest BCUT2D eigenvalue weighted by Gasteiger charge is -2.40. The van der Waals surface area contributed by atoms with Crippen LogP contribution in [0.4, 0.5) is 0 Å². The highest BCUT2D eigenvalue weighted by Crippen LogP contribution is 2.31. The second-order valence-corrected chi connectivity index (χ2v) is 6.71. The van der Waals surface area contributed by atoms with Crippen molar-refractivity contribution in [3.63, 3.8) is 0 Å². The van der Waals surface area contributed by atoms with Gasteiger partial charge < -0.3 is 15.3 Å². The van der Waals surface area contributed by atoms with Crippen LogP contribution in [0.15, 0.2) is 0 Å². The predicted molar refractivity (Wildman–Crippen MR) is 73.7 cm³/mol. The number of likely N-dealkylation sites (tertiary alicyclic amines) is 1. The van der Waals surface area contributed by atoms with E-state index in [0.29, 0.717) is 6.04 Å². The number of hydrogen-bond donors (Lipinski definition) is 2. The molecule has 2 N–H and O–H groups in total. The number of nitrogens with zero attached hydrogens (tertiary/aromatic N) is 1. The van der Waals surface area contributed by atoms with Gasteiger partial charge in [-0.15, -0.1) is 0 Å². The van der Waals surface area contributed by atoms with Crippen molar-refractivity contribution in [2.45, 2.75) is 75.5 Å². The Bertz CT molecular complexity index is 264. The molecule has 0 aromatic rings. The van der Waals surface area contributed by atoms with E-state index in [1.54, 1.807) is 0 Å². The molecule has 2 saturated carbocycles. The van der Waals surface area contributed by atoms with Crippen molar-refractivity contribution in [1.82, 2.24) is 10.2 Å². The van der Waals surface area contributed by atoms with Gasteiger partial charge >= 0.3 is 0 Å². The average molecular weight is 252 g/mol. The lowest BCUT2D eigenvalue weighted by Crippen LogP contribution is -2.52. The van der Waals surface area contributed by atoms with Gasteiger partial charge in [-0.2, -0.15) is 0 Å². The Kier molecular flexibility index (Phi) is 3.92. The fourth-order valence-corrected chi connectivity index (χ4v) is 3.83. The van der Waals surface area contributed by atoms with Crippen LogP contribution in [0, 0.1) is 0 Å². The molecule has 1 aliphatic heterocycles. The maximum Gasteiger partial charge on any atom is 0.0771 e. The molecular weight excluding hydrogens is 224 g/mol. The van der Waals surface area contributed by atoms with E-state index in [2.05, 4.69) is 10.2 Å². The van der Waals surface area contributed by atoms with Crippen molar-refractivity contribution in [2.24, 2.45) is 0 Å². The van der Waals surface area contributed by atoms with Crippen LogP contribution in [0.25, 0.3) is 0 Å². The number of hydrogen-bond acceptors (Lipinski definition) is 3. The van der Waals surface area contributed by atoms with Crippen LogP contribution < -0.4 is 5.32 Å². The fraction of sp³-hybridized carbons (Fsp3) is 1.00. The number of piperidine rings is 1. The first kappa shape index (κ1) is 12.9. The standard InChI is InChI=1S/C15H28N2O/c18-15(8-3-9-15)12-16-13-6-10-17(11-7-13)14-4-1-2-5-14/h13-14,16,18H,1-12H2. The summed E-state index contributed by atoms with van der Waals surface area (Å²) < 4.78 is 0. The van der Waals surface area contributed by atoms with Crippen LogP contribution in [0.3, 0.4) is 0 Å². The number of nitrogens with one attached hydrogen (secondary N) is 1. The van der Waals surface area contributed by atoms with Gasteiger partial charge in [0.2, 0.25) is 0 Å². The molecule has 0 spiro atoms. The second kappa shape index (κ2) is 5.48. The molecule has 18 heavy (non-hydrogen) atoms. The Morgan fingerprint density at radius 2 is 1.67 bits per heavy atom. The molecule has 0 radical (unpaired) electrons. The third-order valence-electron chi connectivity index (χ3n) is 5.37. The molecule has 0 amide bonds. The molecule has 3 heteroatoms. The van der Waals surface area contributed by atoms with Gasteiger partial charge in [-0.05, 0) is 58.0 Å². The van der Waals surface area contributed by atoms with Gasteiger partial charge in [0.05, 0.1) is 5.60 Å². The Balaban J connectivity index is 1.37. The van der Waals surface area contributed by atoms with E-state index in [9.17, 15) is 5.11 Å². The Morgan fingerprint density at radius 3 is 2.22 bits per heavy atom. The summed E-state index contributed by atoms with van der Waals surface area (Å²) in [6.45, 7) is 3.35. The summed E-state index contributed by atoms with van der Waals surface area (Å²) in [6, 6.07) is 1.54. The Hall–Kier alpha value is -0.120. The van der Waals surface area contributed by atoms with Crippen LogP contribution in [0.2, 0.25) is 0 Å². The van der Waals surface area contributed by atoms with Crippen molar-refractivity contribution < 1.29 is 5.11 Å². The maximum absolute atomic E-state index is 10.1. The van der Waals surface area contributed by atoms with E-state index >= 15 is 0 Å². The van der Waals surface area contributed by atoms with E-state index in [0.717, 1.165) is 25.4 Å². The minimum Gasteiger partial charge on any atom is -0.389 e. The molecule has 3 aliphatic rings. The zero-order valence-electron chi connectivity index (χ0n) is 11.5. The van der Waals surface area contributed by atoms with Gasteiger partial charge in [-0.25, -0.2) is 0 Å². The average Bonchev–Trinajstić information content (AvgIpc) is 2.88. The largest absolute Gasteiger partial charge is 0.389 e. The van der Waals surface area contributed by atoms with E-state index in [4.69, 9.17) is 0 Å². The zero-order valence-corrected chi connectivity index (χ0v) is 11.5. The molecule has 3 fully saturated rings. The molecular formula is C15H28N2O. The SMILES string of the molecule is OC1(CNC2CCN(C3CCCC3)CC2)CCC1. The highest BCUT2D eigenvalue weighted by Gasteiger charge is 2.35. The molecule has 3 rings (SSSR count). The first-order chi connectivity index (χ1) is 8.75.